The van der Waals surface area contributed by atoms with Gasteiger partial charge in [-0.1, -0.05) is 209 Å². The second-order valence-corrected chi connectivity index (χ2v) is 19.6. The summed E-state index contributed by atoms with van der Waals surface area (Å²) < 4.78 is 17.5. The van der Waals surface area contributed by atoms with E-state index in [1.165, 1.54) is 77.0 Å². The third-order valence-corrected chi connectivity index (χ3v) is 13.0. The summed E-state index contributed by atoms with van der Waals surface area (Å²) in [6.07, 6.45) is 51.9. The summed E-state index contributed by atoms with van der Waals surface area (Å²) in [6, 6.07) is -1.04. The first kappa shape index (κ1) is 66.9. The standard InChI is InChI=1S/C61H105NO10/c1-4-7-10-13-16-19-22-25-27-28-30-33-36-39-42-45-48-54(65)60(69)62-52(53(64)47-44-41-38-35-32-29-24-21-18-15-12-9-6-3)51-70-61-59(58(68)57(67)55(50-63)71-61)72-56(66)49-46-43-40-37-34-31-26-23-20-17-14-11-8-5-2/h8,11,16-17,19-20,25-27,30-31,33,44,47,52-55,57-59,61,63-65,67-68H,4-7,9-10,12-15,18,21-24,28-29,32,34-43,45-46,48-51H2,1-3H3,(H,62,69)/b11-8+,19-16-,20-17+,27-25-,31-26+,33-30-,47-44+. The first-order valence-electron chi connectivity index (χ1n) is 28.9. The van der Waals surface area contributed by atoms with Crippen LogP contribution in [0.5, 0.6) is 0 Å². The van der Waals surface area contributed by atoms with Crippen LogP contribution in [-0.2, 0) is 23.8 Å². The highest BCUT2D eigenvalue weighted by atomic mass is 16.7. The fourth-order valence-electron chi connectivity index (χ4n) is 8.44. The van der Waals surface area contributed by atoms with E-state index >= 15 is 0 Å². The smallest absolute Gasteiger partial charge is 0.306 e. The minimum Gasteiger partial charge on any atom is -0.454 e. The minimum atomic E-state index is -1.63. The van der Waals surface area contributed by atoms with Crippen molar-refractivity contribution in [3.8, 4) is 0 Å². The molecule has 0 aromatic rings. The van der Waals surface area contributed by atoms with Crippen molar-refractivity contribution in [2.24, 2.45) is 0 Å². The Labute approximate surface area is 438 Å². The lowest BCUT2D eigenvalue weighted by molar-refractivity contribution is -0.305. The molecule has 1 aliphatic heterocycles. The topological polar surface area (TPSA) is 175 Å². The number of amides is 1. The lowest BCUT2D eigenvalue weighted by atomic mass is 9.99. The van der Waals surface area contributed by atoms with Gasteiger partial charge in [-0.2, -0.15) is 0 Å². The fourth-order valence-corrected chi connectivity index (χ4v) is 8.44. The Balaban J connectivity index is 2.78. The maximum atomic E-state index is 13.4. The summed E-state index contributed by atoms with van der Waals surface area (Å²) in [5.41, 5.74) is 0. The number of esters is 1. The molecule has 0 spiro atoms. The van der Waals surface area contributed by atoms with Gasteiger partial charge in [0.15, 0.2) is 12.4 Å². The number of unbranched alkanes of at least 4 members (excludes halogenated alkanes) is 21. The number of carbonyl (C=O) groups is 2. The number of aliphatic hydroxyl groups excluding tert-OH is 5. The number of hydrogen-bond donors (Lipinski definition) is 6. The predicted molar refractivity (Wildman–Crippen MR) is 296 cm³/mol. The molecule has 0 radical (unpaired) electrons. The monoisotopic (exact) mass is 1010 g/mol. The van der Waals surface area contributed by atoms with Crippen LogP contribution < -0.4 is 5.32 Å². The molecule has 0 aromatic heterocycles. The van der Waals surface area contributed by atoms with E-state index in [0.29, 0.717) is 12.8 Å². The van der Waals surface area contributed by atoms with E-state index < -0.39 is 67.4 Å². The molecule has 6 N–H and O–H groups in total. The lowest BCUT2D eigenvalue weighted by Crippen LogP contribution is -2.61. The zero-order valence-corrected chi connectivity index (χ0v) is 45.5. The van der Waals surface area contributed by atoms with Gasteiger partial charge in [-0.05, 0) is 96.3 Å². The zero-order valence-electron chi connectivity index (χ0n) is 45.5. The second kappa shape index (κ2) is 48.8. The third kappa shape index (κ3) is 36.7. The Morgan fingerprint density at radius 3 is 1.53 bits per heavy atom. The fraction of sp³-hybridized carbons (Fsp3) is 0.738. The Hall–Kier alpha value is -3.16. The molecule has 0 aliphatic carbocycles. The lowest BCUT2D eigenvalue weighted by Gasteiger charge is -2.41. The molecule has 8 atom stereocenters. The first-order chi connectivity index (χ1) is 35.2. The van der Waals surface area contributed by atoms with Gasteiger partial charge in [-0.3, -0.25) is 9.59 Å². The largest absolute Gasteiger partial charge is 0.454 e. The highest BCUT2D eigenvalue weighted by molar-refractivity contribution is 5.80. The quantitative estimate of drug-likeness (QED) is 0.0196. The van der Waals surface area contributed by atoms with E-state index in [2.05, 4.69) is 99.0 Å². The molecule has 1 rings (SSSR count). The van der Waals surface area contributed by atoms with Crippen LogP contribution in [0.15, 0.2) is 85.1 Å². The van der Waals surface area contributed by atoms with Gasteiger partial charge in [0, 0.05) is 6.42 Å². The van der Waals surface area contributed by atoms with Crippen LogP contribution in [-0.4, -0.2) is 99.6 Å². The van der Waals surface area contributed by atoms with Crippen molar-refractivity contribution in [3.63, 3.8) is 0 Å². The van der Waals surface area contributed by atoms with Crippen LogP contribution in [0.4, 0.5) is 0 Å². The summed E-state index contributed by atoms with van der Waals surface area (Å²) >= 11 is 0. The number of hydrogen-bond acceptors (Lipinski definition) is 10. The van der Waals surface area contributed by atoms with Crippen molar-refractivity contribution in [3.05, 3.63) is 85.1 Å². The van der Waals surface area contributed by atoms with Crippen molar-refractivity contribution in [1.29, 1.82) is 0 Å². The van der Waals surface area contributed by atoms with E-state index in [1.807, 2.05) is 6.08 Å². The summed E-state index contributed by atoms with van der Waals surface area (Å²) in [4.78, 5) is 26.4. The molecule has 1 amide bonds. The van der Waals surface area contributed by atoms with Crippen molar-refractivity contribution in [1.82, 2.24) is 5.32 Å². The first-order valence-corrected chi connectivity index (χ1v) is 28.9. The van der Waals surface area contributed by atoms with E-state index in [9.17, 15) is 35.1 Å². The van der Waals surface area contributed by atoms with Crippen molar-refractivity contribution in [2.75, 3.05) is 13.2 Å². The number of carbonyl (C=O) groups excluding carboxylic acids is 2. The highest BCUT2D eigenvalue weighted by Gasteiger charge is 2.47. The minimum absolute atomic E-state index is 0.0909. The molecule has 1 aliphatic rings. The molecular formula is C61H105NO10. The van der Waals surface area contributed by atoms with Gasteiger partial charge >= 0.3 is 5.97 Å². The normalized spacial score (nSPS) is 20.1. The molecule has 0 aromatic carbocycles. The Morgan fingerprint density at radius 1 is 0.556 bits per heavy atom. The maximum Gasteiger partial charge on any atom is 0.306 e. The van der Waals surface area contributed by atoms with Gasteiger partial charge in [0.2, 0.25) is 5.91 Å². The molecule has 72 heavy (non-hydrogen) atoms. The summed E-state index contributed by atoms with van der Waals surface area (Å²) in [5.74, 6) is -1.25. The van der Waals surface area contributed by atoms with Gasteiger partial charge in [-0.25, -0.2) is 0 Å². The summed E-state index contributed by atoms with van der Waals surface area (Å²) in [5, 5.41) is 56.8. The summed E-state index contributed by atoms with van der Waals surface area (Å²) in [7, 11) is 0. The van der Waals surface area contributed by atoms with Crippen LogP contribution in [0.1, 0.15) is 226 Å². The van der Waals surface area contributed by atoms with Crippen LogP contribution in [0.3, 0.4) is 0 Å². The van der Waals surface area contributed by atoms with Crippen molar-refractivity contribution in [2.45, 2.75) is 275 Å². The van der Waals surface area contributed by atoms with Crippen LogP contribution in [0.25, 0.3) is 0 Å². The van der Waals surface area contributed by atoms with Crippen molar-refractivity contribution >= 4 is 11.9 Å². The molecule has 8 unspecified atom stereocenters. The molecule has 1 saturated heterocycles. The van der Waals surface area contributed by atoms with Gasteiger partial charge < -0.3 is 45.1 Å². The third-order valence-electron chi connectivity index (χ3n) is 13.0. The van der Waals surface area contributed by atoms with Gasteiger partial charge in [0.05, 0.1) is 25.4 Å². The van der Waals surface area contributed by atoms with E-state index in [0.717, 1.165) is 103 Å². The Morgan fingerprint density at radius 2 is 1.00 bits per heavy atom. The molecule has 11 nitrogen and oxygen atoms in total. The Kier molecular flexibility index (Phi) is 45.3. The van der Waals surface area contributed by atoms with Gasteiger partial charge in [0.1, 0.15) is 24.4 Å². The molecule has 0 saturated carbocycles. The van der Waals surface area contributed by atoms with E-state index in [4.69, 9.17) is 14.2 Å². The van der Waals surface area contributed by atoms with Crippen LogP contribution >= 0.6 is 0 Å². The predicted octanol–water partition coefficient (Wildman–Crippen LogP) is 13.0. The van der Waals surface area contributed by atoms with Crippen molar-refractivity contribution < 1.29 is 49.3 Å². The van der Waals surface area contributed by atoms with Gasteiger partial charge in [0.25, 0.3) is 0 Å². The molecule has 1 fully saturated rings. The number of nitrogens with one attached hydrogen (secondary N) is 1. The zero-order chi connectivity index (χ0) is 52.5. The molecule has 1 heterocycles. The highest BCUT2D eigenvalue weighted by Crippen LogP contribution is 2.26. The molecule has 414 valence electrons. The van der Waals surface area contributed by atoms with E-state index in [-0.39, 0.29) is 19.4 Å². The SMILES string of the molecule is CC/C=C/C/C=C/C/C=C/CCCCCCC(=O)OC1C(OCC(NC(=O)C(O)CCCCC/C=C\C/C=C\C/C=C\CCCCC)C(O)/C=C/CCCCCCCCCCCCC)OC(CO)C(O)C1O. The molecule has 0 bridgehead atoms. The van der Waals surface area contributed by atoms with Gasteiger partial charge in [-0.15, -0.1) is 0 Å². The number of rotatable bonds is 47. The van der Waals surface area contributed by atoms with E-state index in [1.54, 1.807) is 6.08 Å². The molecular weight excluding hydrogens is 907 g/mol. The maximum absolute atomic E-state index is 13.4. The summed E-state index contributed by atoms with van der Waals surface area (Å²) in [6.45, 7) is 5.60. The average Bonchev–Trinajstić information content (AvgIpc) is 3.38. The van der Waals surface area contributed by atoms with Crippen LogP contribution in [0.2, 0.25) is 0 Å². The second-order valence-electron chi connectivity index (χ2n) is 19.6. The number of ether oxygens (including phenoxy) is 3. The average molecular weight is 1010 g/mol. The number of allylic oxidation sites excluding steroid dienone is 13. The Bertz CT molecular complexity index is 1490. The van der Waals surface area contributed by atoms with Crippen LogP contribution in [0, 0.1) is 0 Å². The molecule has 11 heteroatoms. The number of aliphatic hydroxyl groups is 5.